The molecule has 0 aromatic heterocycles. The molecule has 0 aromatic rings. The smallest absolute Gasteiger partial charge is 0.333 e. The molecular weight excluding hydrogens is 224 g/mol. The second-order valence-electron chi connectivity index (χ2n) is 4.48. The first-order valence-electron chi connectivity index (χ1n) is 7.27. The van der Waals surface area contributed by atoms with E-state index in [1.165, 1.54) is 0 Å². The molecule has 0 aromatic carbocycles. The molecule has 2 heteroatoms. The first-order valence-corrected chi connectivity index (χ1v) is 7.27. The lowest BCUT2D eigenvalue weighted by Crippen LogP contribution is -2.08. The summed E-state index contributed by atoms with van der Waals surface area (Å²) in [5, 5.41) is 0. The van der Waals surface area contributed by atoms with Gasteiger partial charge in [0, 0.05) is 5.57 Å². The highest BCUT2D eigenvalue weighted by Crippen LogP contribution is 2.10. The molecule has 0 rings (SSSR count). The zero-order chi connectivity index (χ0) is 13.6. The van der Waals surface area contributed by atoms with Crippen molar-refractivity contribution in [1.82, 2.24) is 0 Å². The van der Waals surface area contributed by atoms with Crippen molar-refractivity contribution in [1.29, 1.82) is 0 Å². The van der Waals surface area contributed by atoms with Gasteiger partial charge in [-0.25, -0.2) is 4.79 Å². The van der Waals surface area contributed by atoms with Gasteiger partial charge in [0.15, 0.2) is 0 Å². The lowest BCUT2D eigenvalue weighted by atomic mass is 10.1. The van der Waals surface area contributed by atoms with E-state index in [-0.39, 0.29) is 5.97 Å². The second-order valence-corrected chi connectivity index (χ2v) is 4.48. The van der Waals surface area contributed by atoms with Gasteiger partial charge < -0.3 is 4.74 Å². The molecule has 0 heterocycles. The molecule has 0 atom stereocenters. The Kier molecular flexibility index (Phi) is 11.7. The van der Waals surface area contributed by atoms with Crippen LogP contribution in [0.15, 0.2) is 23.8 Å². The summed E-state index contributed by atoms with van der Waals surface area (Å²) < 4.78 is 5.24. The van der Waals surface area contributed by atoms with Gasteiger partial charge in [-0.2, -0.15) is 0 Å². The second kappa shape index (κ2) is 12.4. The number of ether oxygens (including phenoxy) is 1. The van der Waals surface area contributed by atoms with E-state index < -0.39 is 0 Å². The number of unbranched alkanes of at least 4 members (excludes halogenated alkanes) is 3. The fourth-order valence-electron chi connectivity index (χ4n) is 1.61. The Morgan fingerprint density at radius 2 is 1.78 bits per heavy atom. The van der Waals surface area contributed by atoms with E-state index in [0.717, 1.165) is 50.5 Å². The molecule has 18 heavy (non-hydrogen) atoms. The molecule has 0 spiro atoms. The number of esters is 1. The van der Waals surface area contributed by atoms with Gasteiger partial charge in [-0.15, -0.1) is 0 Å². The van der Waals surface area contributed by atoms with E-state index in [9.17, 15) is 4.79 Å². The number of carbonyl (C=O) groups excluding carboxylic acids is 1. The van der Waals surface area contributed by atoms with Gasteiger partial charge in [0.25, 0.3) is 0 Å². The van der Waals surface area contributed by atoms with Crippen molar-refractivity contribution in [3.63, 3.8) is 0 Å². The summed E-state index contributed by atoms with van der Waals surface area (Å²) in [6, 6.07) is 0. The van der Waals surface area contributed by atoms with Crippen molar-refractivity contribution in [2.75, 3.05) is 6.61 Å². The third-order valence-corrected chi connectivity index (χ3v) is 2.66. The highest BCUT2D eigenvalue weighted by atomic mass is 16.5. The van der Waals surface area contributed by atoms with Crippen LogP contribution in [0.1, 0.15) is 65.7 Å². The van der Waals surface area contributed by atoms with Crippen LogP contribution in [0.3, 0.4) is 0 Å². The van der Waals surface area contributed by atoms with Gasteiger partial charge in [0.2, 0.25) is 0 Å². The van der Waals surface area contributed by atoms with Gasteiger partial charge in [0.05, 0.1) is 0 Å². The molecule has 0 saturated heterocycles. The summed E-state index contributed by atoms with van der Waals surface area (Å²) in [6.45, 7) is 6.77. The van der Waals surface area contributed by atoms with Crippen molar-refractivity contribution in [3.8, 4) is 0 Å². The van der Waals surface area contributed by atoms with Gasteiger partial charge >= 0.3 is 5.97 Å². The average Bonchev–Trinajstić information content (AvgIpc) is 2.37. The first kappa shape index (κ1) is 16.9. The Balaban J connectivity index is 4.09. The molecular formula is C16H28O2. The number of allylic oxidation sites excluding steroid dienone is 2. The highest BCUT2D eigenvalue weighted by molar-refractivity contribution is 5.88. The Morgan fingerprint density at radius 3 is 2.39 bits per heavy atom. The molecule has 104 valence electrons. The van der Waals surface area contributed by atoms with Crippen LogP contribution in [0, 0.1) is 0 Å². The van der Waals surface area contributed by atoms with Crippen LogP contribution in [0.5, 0.6) is 0 Å². The van der Waals surface area contributed by atoms with Gasteiger partial charge in [-0.3, -0.25) is 0 Å². The van der Waals surface area contributed by atoms with Gasteiger partial charge in [-0.05, 0) is 19.3 Å². The molecule has 0 radical (unpaired) electrons. The zero-order valence-electron chi connectivity index (χ0n) is 12.2. The summed E-state index contributed by atoms with van der Waals surface area (Å²) in [5.74, 6) is -0.144. The van der Waals surface area contributed by atoms with Crippen molar-refractivity contribution < 1.29 is 9.53 Å². The van der Waals surface area contributed by atoms with Crippen LogP contribution in [0.25, 0.3) is 0 Å². The number of carbonyl (C=O) groups is 1. The SMILES string of the molecule is CCC/C=C/COC(=O)/C(=C\CCCC)CCC. The highest BCUT2D eigenvalue weighted by Gasteiger charge is 2.08. The molecule has 0 bridgehead atoms. The summed E-state index contributed by atoms with van der Waals surface area (Å²) in [7, 11) is 0. The topological polar surface area (TPSA) is 26.3 Å². The number of hydrogen-bond acceptors (Lipinski definition) is 2. The largest absolute Gasteiger partial charge is 0.458 e. The van der Waals surface area contributed by atoms with Crippen LogP contribution in [0.4, 0.5) is 0 Å². The van der Waals surface area contributed by atoms with Crippen LogP contribution in [0.2, 0.25) is 0 Å². The molecule has 0 unspecified atom stereocenters. The molecule has 0 aliphatic carbocycles. The Labute approximate surface area is 112 Å². The normalized spacial score (nSPS) is 12.1. The maximum atomic E-state index is 11.8. The van der Waals surface area contributed by atoms with Crippen molar-refractivity contribution in [2.45, 2.75) is 65.7 Å². The zero-order valence-corrected chi connectivity index (χ0v) is 12.2. The maximum absolute atomic E-state index is 11.8. The Morgan fingerprint density at radius 1 is 1.00 bits per heavy atom. The molecule has 0 aliphatic heterocycles. The Bertz CT molecular complexity index is 264. The fraction of sp³-hybridized carbons (Fsp3) is 0.688. The van der Waals surface area contributed by atoms with E-state index in [1.54, 1.807) is 0 Å². The summed E-state index contributed by atoms with van der Waals surface area (Å²) in [5.41, 5.74) is 0.842. The monoisotopic (exact) mass is 252 g/mol. The summed E-state index contributed by atoms with van der Waals surface area (Å²) in [6.07, 6.45) is 13.3. The van der Waals surface area contributed by atoms with Crippen molar-refractivity contribution in [3.05, 3.63) is 23.8 Å². The summed E-state index contributed by atoms with van der Waals surface area (Å²) >= 11 is 0. The minimum atomic E-state index is -0.144. The molecule has 0 fully saturated rings. The Hall–Kier alpha value is -1.05. The lowest BCUT2D eigenvalue weighted by Gasteiger charge is -2.06. The van der Waals surface area contributed by atoms with E-state index in [0.29, 0.717) is 6.61 Å². The average molecular weight is 252 g/mol. The maximum Gasteiger partial charge on any atom is 0.333 e. The van der Waals surface area contributed by atoms with E-state index >= 15 is 0 Å². The molecule has 0 amide bonds. The first-order chi connectivity index (χ1) is 8.76. The lowest BCUT2D eigenvalue weighted by molar-refractivity contribution is -0.138. The minimum absolute atomic E-state index is 0.144. The molecule has 0 aliphatic rings. The van der Waals surface area contributed by atoms with E-state index in [2.05, 4.69) is 26.8 Å². The molecule has 2 nitrogen and oxygen atoms in total. The van der Waals surface area contributed by atoms with Crippen molar-refractivity contribution in [2.24, 2.45) is 0 Å². The van der Waals surface area contributed by atoms with Crippen molar-refractivity contribution >= 4 is 5.97 Å². The van der Waals surface area contributed by atoms with Gasteiger partial charge in [-0.1, -0.05) is 64.7 Å². The summed E-state index contributed by atoms with van der Waals surface area (Å²) in [4.78, 5) is 11.8. The fourth-order valence-corrected chi connectivity index (χ4v) is 1.61. The van der Waals surface area contributed by atoms with E-state index in [1.807, 2.05) is 12.2 Å². The molecule has 0 saturated carbocycles. The van der Waals surface area contributed by atoms with Crippen LogP contribution < -0.4 is 0 Å². The predicted molar refractivity (Wildman–Crippen MR) is 77.5 cm³/mol. The van der Waals surface area contributed by atoms with Crippen LogP contribution in [-0.4, -0.2) is 12.6 Å². The van der Waals surface area contributed by atoms with Crippen LogP contribution >= 0.6 is 0 Å². The van der Waals surface area contributed by atoms with E-state index in [4.69, 9.17) is 4.74 Å². The third kappa shape index (κ3) is 9.03. The quantitative estimate of drug-likeness (QED) is 0.241. The number of hydrogen-bond donors (Lipinski definition) is 0. The van der Waals surface area contributed by atoms with Crippen LogP contribution in [-0.2, 0) is 9.53 Å². The molecule has 0 N–H and O–H groups in total. The third-order valence-electron chi connectivity index (χ3n) is 2.66. The predicted octanol–water partition coefficient (Wildman–Crippen LogP) is 4.80. The number of rotatable bonds is 10. The minimum Gasteiger partial charge on any atom is -0.458 e. The standard InChI is InChI=1S/C16H28O2/c1-4-7-9-11-14-18-16(17)15(12-6-3)13-10-8-5-2/h9,11,13H,4-8,10,12,14H2,1-3H3/b11-9+,15-13-. The van der Waals surface area contributed by atoms with Gasteiger partial charge in [0.1, 0.15) is 6.61 Å².